The largest absolute Gasteiger partial charge is 0.480 e. The molecular formula is C16H19N2O3+. The molecule has 0 unspecified atom stereocenters. The zero-order valence-electron chi connectivity index (χ0n) is 11.5. The highest BCUT2D eigenvalue weighted by Gasteiger charge is 2.07. The van der Waals surface area contributed by atoms with E-state index in [1.165, 1.54) is 5.56 Å². The Kier molecular flexibility index (Phi) is 7.42. The van der Waals surface area contributed by atoms with Crippen LogP contribution in [0.1, 0.15) is 5.56 Å². The summed E-state index contributed by atoms with van der Waals surface area (Å²) in [6.07, 6.45) is 8.15. The predicted octanol–water partition coefficient (Wildman–Crippen LogP) is 0.993. The highest BCUT2D eigenvalue weighted by Crippen LogP contribution is 1.99. The molecule has 0 aliphatic heterocycles. The summed E-state index contributed by atoms with van der Waals surface area (Å²) in [7, 11) is 0. The molecule has 2 aromatic rings. The summed E-state index contributed by atoms with van der Waals surface area (Å²) in [5.41, 5.74) is 5.98. The van der Waals surface area contributed by atoms with E-state index in [1.54, 1.807) is 0 Å². The molecule has 5 heteroatoms. The van der Waals surface area contributed by atoms with E-state index in [2.05, 4.69) is 18.2 Å². The van der Waals surface area contributed by atoms with Crippen molar-refractivity contribution in [3.05, 3.63) is 66.5 Å². The van der Waals surface area contributed by atoms with Gasteiger partial charge in [0.05, 0.1) is 6.61 Å². The van der Waals surface area contributed by atoms with Crippen molar-refractivity contribution in [1.29, 1.82) is 0 Å². The number of carboxylic acids is 1. The lowest BCUT2D eigenvalue weighted by Crippen LogP contribution is -2.33. The number of aliphatic hydroxyl groups is 1. The standard InChI is InChI=1S/C13H12N.C3H7NO3/c1-3-7-13(8-4-1)9-12-14-10-5-2-6-11-14;4-2(1-5)3(6)7/h1-12H;2,5H,1,4H2,(H,6,7)/q+1;/t;2-/m.0/s1. The molecule has 1 heterocycles. The Bertz CT molecular complexity index is 515. The fourth-order valence-electron chi connectivity index (χ4n) is 1.33. The van der Waals surface area contributed by atoms with Gasteiger partial charge in [0.1, 0.15) is 6.04 Å². The highest BCUT2D eigenvalue weighted by atomic mass is 16.4. The number of aliphatic hydroxyl groups excluding tert-OH is 1. The van der Waals surface area contributed by atoms with Gasteiger partial charge in [0.15, 0.2) is 18.6 Å². The summed E-state index contributed by atoms with van der Waals surface area (Å²) >= 11 is 0. The molecule has 110 valence electrons. The van der Waals surface area contributed by atoms with Gasteiger partial charge in [-0.2, -0.15) is 4.57 Å². The Balaban J connectivity index is 0.000000270. The van der Waals surface area contributed by atoms with Gasteiger partial charge >= 0.3 is 5.97 Å². The zero-order valence-corrected chi connectivity index (χ0v) is 11.5. The van der Waals surface area contributed by atoms with Crippen LogP contribution in [-0.2, 0) is 4.79 Å². The van der Waals surface area contributed by atoms with Crippen molar-refractivity contribution in [2.45, 2.75) is 6.04 Å². The molecule has 2 rings (SSSR count). The Labute approximate surface area is 123 Å². The normalized spacial score (nSPS) is 11.5. The monoisotopic (exact) mass is 287 g/mol. The molecule has 4 N–H and O–H groups in total. The lowest BCUT2D eigenvalue weighted by atomic mass is 10.2. The van der Waals surface area contributed by atoms with Crippen molar-refractivity contribution in [3.8, 4) is 0 Å². The maximum Gasteiger partial charge on any atom is 0.322 e. The maximum atomic E-state index is 9.65. The van der Waals surface area contributed by atoms with Crippen LogP contribution in [0.25, 0.3) is 12.3 Å². The molecule has 1 atom stereocenters. The molecule has 21 heavy (non-hydrogen) atoms. The smallest absolute Gasteiger partial charge is 0.322 e. The number of hydrogen-bond donors (Lipinski definition) is 3. The second-order valence-electron chi connectivity index (χ2n) is 4.18. The molecule has 0 aliphatic rings. The van der Waals surface area contributed by atoms with Gasteiger partial charge in [-0.15, -0.1) is 0 Å². The molecule has 0 spiro atoms. The van der Waals surface area contributed by atoms with Gasteiger partial charge in [-0.1, -0.05) is 36.4 Å². The molecule has 0 saturated heterocycles. The van der Waals surface area contributed by atoms with E-state index in [-0.39, 0.29) is 0 Å². The van der Waals surface area contributed by atoms with Crippen LogP contribution in [-0.4, -0.2) is 28.8 Å². The number of rotatable bonds is 4. The fraction of sp³-hybridized carbons (Fsp3) is 0.125. The molecule has 1 aromatic carbocycles. The molecule has 5 nitrogen and oxygen atoms in total. The molecule has 1 aromatic heterocycles. The molecule has 0 bridgehead atoms. The van der Waals surface area contributed by atoms with Gasteiger partial charge in [-0.3, -0.25) is 4.79 Å². The van der Waals surface area contributed by atoms with Gasteiger partial charge in [0.2, 0.25) is 0 Å². The van der Waals surface area contributed by atoms with E-state index < -0.39 is 18.6 Å². The SMILES string of the molecule is C(=C[n+]1ccccc1)c1ccccc1.N[C@@H](CO)C(=O)O. The topological polar surface area (TPSA) is 87.4 Å². The van der Waals surface area contributed by atoms with Crippen molar-refractivity contribution in [3.63, 3.8) is 0 Å². The number of pyridine rings is 1. The van der Waals surface area contributed by atoms with Crippen molar-refractivity contribution in [2.75, 3.05) is 6.61 Å². The quantitative estimate of drug-likeness (QED) is 0.732. The van der Waals surface area contributed by atoms with E-state index in [0.29, 0.717) is 0 Å². The Hall–Kier alpha value is -2.50. The van der Waals surface area contributed by atoms with Crippen LogP contribution in [0.15, 0.2) is 60.9 Å². The minimum absolute atomic E-state index is 0.505. The van der Waals surface area contributed by atoms with E-state index in [0.717, 1.165) is 0 Å². The number of carboxylic acid groups (broad SMARTS) is 1. The van der Waals surface area contributed by atoms with Crippen molar-refractivity contribution in [1.82, 2.24) is 0 Å². The third kappa shape index (κ3) is 7.00. The number of nitrogens with zero attached hydrogens (tertiary/aromatic N) is 1. The molecule has 0 fully saturated rings. The van der Waals surface area contributed by atoms with Gasteiger partial charge in [0.25, 0.3) is 0 Å². The van der Waals surface area contributed by atoms with E-state index in [4.69, 9.17) is 15.9 Å². The van der Waals surface area contributed by atoms with Crippen LogP contribution in [0.3, 0.4) is 0 Å². The summed E-state index contributed by atoms with van der Waals surface area (Å²) in [5.74, 6) is -1.18. The van der Waals surface area contributed by atoms with Gasteiger partial charge in [0, 0.05) is 18.2 Å². The average Bonchev–Trinajstić information content (AvgIpc) is 2.54. The van der Waals surface area contributed by atoms with Crippen LogP contribution >= 0.6 is 0 Å². The first kappa shape index (κ1) is 16.6. The zero-order chi connectivity index (χ0) is 15.5. The fourth-order valence-corrected chi connectivity index (χ4v) is 1.33. The first-order chi connectivity index (χ1) is 10.1. The van der Waals surface area contributed by atoms with E-state index in [1.807, 2.05) is 59.6 Å². The Morgan fingerprint density at radius 1 is 1.14 bits per heavy atom. The minimum Gasteiger partial charge on any atom is -0.480 e. The van der Waals surface area contributed by atoms with Gasteiger partial charge in [-0.05, 0) is 5.56 Å². The van der Waals surface area contributed by atoms with Crippen molar-refractivity contribution in [2.24, 2.45) is 5.73 Å². The molecular weight excluding hydrogens is 268 g/mol. The molecule has 0 saturated carbocycles. The number of aliphatic carboxylic acids is 1. The summed E-state index contributed by atoms with van der Waals surface area (Å²) in [4.78, 5) is 9.65. The maximum absolute atomic E-state index is 9.65. The number of aromatic nitrogens is 1. The summed E-state index contributed by atoms with van der Waals surface area (Å²) < 4.78 is 2.02. The number of nitrogens with two attached hydrogens (primary N) is 1. The van der Waals surface area contributed by atoms with E-state index in [9.17, 15) is 4.79 Å². The lowest BCUT2D eigenvalue weighted by Gasteiger charge is -1.96. The predicted molar refractivity (Wildman–Crippen MR) is 81.0 cm³/mol. The average molecular weight is 287 g/mol. The van der Waals surface area contributed by atoms with Gasteiger partial charge < -0.3 is 15.9 Å². The number of hydrogen-bond acceptors (Lipinski definition) is 3. The Morgan fingerprint density at radius 2 is 1.71 bits per heavy atom. The second kappa shape index (κ2) is 9.41. The first-order valence-corrected chi connectivity index (χ1v) is 6.41. The van der Waals surface area contributed by atoms with Crippen molar-refractivity contribution < 1.29 is 19.6 Å². The van der Waals surface area contributed by atoms with Gasteiger partial charge in [-0.25, -0.2) is 0 Å². The third-order valence-electron chi connectivity index (χ3n) is 2.49. The lowest BCUT2D eigenvalue weighted by molar-refractivity contribution is -0.567. The van der Waals surface area contributed by atoms with E-state index >= 15 is 0 Å². The molecule has 0 amide bonds. The Morgan fingerprint density at radius 3 is 2.19 bits per heavy atom. The molecule has 0 aliphatic carbocycles. The highest BCUT2D eigenvalue weighted by molar-refractivity contribution is 5.73. The van der Waals surface area contributed by atoms with Crippen LogP contribution in [0.4, 0.5) is 0 Å². The number of carbonyl (C=O) groups is 1. The van der Waals surface area contributed by atoms with Crippen LogP contribution < -0.4 is 10.3 Å². The summed E-state index contributed by atoms with van der Waals surface area (Å²) in [6.45, 7) is -0.505. The first-order valence-electron chi connectivity index (χ1n) is 6.41. The van der Waals surface area contributed by atoms with Crippen LogP contribution in [0, 0.1) is 0 Å². The molecule has 0 radical (unpaired) electrons. The van der Waals surface area contributed by atoms with Crippen molar-refractivity contribution >= 4 is 18.2 Å². The third-order valence-corrected chi connectivity index (χ3v) is 2.49. The van der Waals surface area contributed by atoms with Crippen LogP contribution in [0.5, 0.6) is 0 Å². The second-order valence-corrected chi connectivity index (χ2v) is 4.18. The van der Waals surface area contributed by atoms with Crippen LogP contribution in [0.2, 0.25) is 0 Å². The minimum atomic E-state index is -1.18. The summed E-state index contributed by atoms with van der Waals surface area (Å²) in [5, 5.41) is 15.9. The summed E-state index contributed by atoms with van der Waals surface area (Å²) in [6, 6.07) is 15.2. The number of benzene rings is 1.